The van der Waals surface area contributed by atoms with Gasteiger partial charge in [0.25, 0.3) is 0 Å². The van der Waals surface area contributed by atoms with Gasteiger partial charge < -0.3 is 9.88 Å². The topological polar surface area (TPSA) is 46.9 Å². The molecule has 0 radical (unpaired) electrons. The standard InChI is InChI=1S/C25H24FN3O/c26-22-7-3-5-20(15-22)17-29-18-21(23-8-1-2-9-24(23)29)6-4-10-25(30)28-16-19-11-13-27-14-12-19/h1-3,5,7-9,11-15,18H,4,6,10,16-17H2,(H,28,30). The zero-order valence-electron chi connectivity index (χ0n) is 16.7. The molecule has 0 aliphatic carbocycles. The zero-order valence-corrected chi connectivity index (χ0v) is 16.7. The number of nitrogens with zero attached hydrogens (tertiary/aromatic N) is 2. The van der Waals surface area contributed by atoms with Gasteiger partial charge in [0.15, 0.2) is 0 Å². The van der Waals surface area contributed by atoms with Crippen molar-refractivity contribution in [2.75, 3.05) is 0 Å². The van der Waals surface area contributed by atoms with Crippen LogP contribution in [0.15, 0.2) is 79.3 Å². The van der Waals surface area contributed by atoms with Crippen LogP contribution in [-0.4, -0.2) is 15.5 Å². The zero-order chi connectivity index (χ0) is 20.8. The van der Waals surface area contributed by atoms with Gasteiger partial charge in [-0.2, -0.15) is 0 Å². The third-order valence-electron chi connectivity index (χ3n) is 5.20. The number of nitrogens with one attached hydrogen (secondary N) is 1. The highest BCUT2D eigenvalue weighted by Gasteiger charge is 2.10. The number of rotatable bonds is 8. The molecule has 0 unspecified atom stereocenters. The minimum atomic E-state index is -0.220. The predicted molar refractivity (Wildman–Crippen MR) is 116 cm³/mol. The van der Waals surface area contributed by atoms with Crippen LogP contribution in [0.4, 0.5) is 4.39 Å². The van der Waals surface area contributed by atoms with Crippen molar-refractivity contribution in [3.05, 3.63) is 102 Å². The summed E-state index contributed by atoms with van der Waals surface area (Å²) in [6.07, 6.45) is 7.65. The first-order valence-electron chi connectivity index (χ1n) is 10.2. The van der Waals surface area contributed by atoms with Crippen LogP contribution in [-0.2, 0) is 24.3 Å². The maximum Gasteiger partial charge on any atom is 0.220 e. The van der Waals surface area contributed by atoms with Gasteiger partial charge in [0.2, 0.25) is 5.91 Å². The summed E-state index contributed by atoms with van der Waals surface area (Å²) in [4.78, 5) is 16.2. The molecule has 1 amide bonds. The summed E-state index contributed by atoms with van der Waals surface area (Å²) in [5.74, 6) is -0.169. The lowest BCUT2D eigenvalue weighted by Gasteiger charge is -2.05. The lowest BCUT2D eigenvalue weighted by atomic mass is 10.1. The molecule has 0 bridgehead atoms. The molecule has 0 aliphatic heterocycles. The van der Waals surface area contributed by atoms with Crippen LogP contribution in [0.25, 0.3) is 10.9 Å². The van der Waals surface area contributed by atoms with E-state index in [0.717, 1.165) is 29.5 Å². The van der Waals surface area contributed by atoms with Crippen molar-refractivity contribution in [2.24, 2.45) is 0 Å². The summed E-state index contributed by atoms with van der Waals surface area (Å²) in [7, 11) is 0. The molecule has 0 saturated carbocycles. The van der Waals surface area contributed by atoms with Gasteiger partial charge in [-0.1, -0.05) is 30.3 Å². The van der Waals surface area contributed by atoms with E-state index in [1.54, 1.807) is 24.5 Å². The molecule has 0 atom stereocenters. The number of pyridine rings is 1. The number of halogens is 1. The lowest BCUT2D eigenvalue weighted by Crippen LogP contribution is -2.22. The maximum atomic E-state index is 13.6. The van der Waals surface area contributed by atoms with E-state index in [9.17, 15) is 9.18 Å². The van der Waals surface area contributed by atoms with Crippen molar-refractivity contribution in [3.63, 3.8) is 0 Å². The number of carbonyl (C=O) groups excluding carboxylic acids is 1. The Morgan fingerprint density at radius 3 is 2.67 bits per heavy atom. The number of fused-ring (bicyclic) bond motifs is 1. The Kier molecular flexibility index (Phi) is 6.18. The Hall–Kier alpha value is -3.47. The van der Waals surface area contributed by atoms with Crippen LogP contribution in [0.1, 0.15) is 29.5 Å². The van der Waals surface area contributed by atoms with Crippen molar-refractivity contribution in [1.29, 1.82) is 0 Å². The number of carbonyl (C=O) groups is 1. The molecule has 2 aromatic heterocycles. The number of aryl methyl sites for hydroxylation is 1. The van der Waals surface area contributed by atoms with Gasteiger partial charge >= 0.3 is 0 Å². The highest BCUT2D eigenvalue weighted by molar-refractivity contribution is 5.84. The first-order valence-corrected chi connectivity index (χ1v) is 10.2. The lowest BCUT2D eigenvalue weighted by molar-refractivity contribution is -0.121. The van der Waals surface area contributed by atoms with E-state index in [4.69, 9.17) is 0 Å². The second-order valence-electron chi connectivity index (χ2n) is 7.42. The highest BCUT2D eigenvalue weighted by Crippen LogP contribution is 2.24. The summed E-state index contributed by atoms with van der Waals surface area (Å²) in [6.45, 7) is 1.14. The van der Waals surface area contributed by atoms with Crippen LogP contribution < -0.4 is 5.32 Å². The van der Waals surface area contributed by atoms with E-state index >= 15 is 0 Å². The quantitative estimate of drug-likeness (QED) is 0.458. The smallest absolute Gasteiger partial charge is 0.220 e. The van der Waals surface area contributed by atoms with Crippen molar-refractivity contribution in [2.45, 2.75) is 32.4 Å². The van der Waals surface area contributed by atoms with E-state index in [0.29, 0.717) is 19.5 Å². The van der Waals surface area contributed by atoms with Gasteiger partial charge in [-0.05, 0) is 59.9 Å². The van der Waals surface area contributed by atoms with E-state index < -0.39 is 0 Å². The summed E-state index contributed by atoms with van der Waals surface area (Å²) < 4.78 is 15.7. The van der Waals surface area contributed by atoms with Crippen LogP contribution in [0, 0.1) is 5.82 Å². The average Bonchev–Trinajstić information content (AvgIpc) is 3.11. The Balaban J connectivity index is 1.38. The van der Waals surface area contributed by atoms with Gasteiger partial charge in [-0.25, -0.2) is 4.39 Å². The summed E-state index contributed by atoms with van der Waals surface area (Å²) >= 11 is 0. The largest absolute Gasteiger partial charge is 0.352 e. The van der Waals surface area contributed by atoms with Gasteiger partial charge in [0, 0.05) is 49.0 Å². The second kappa shape index (κ2) is 9.35. The number of aromatic nitrogens is 2. The predicted octanol–water partition coefficient (Wildman–Crippen LogP) is 4.86. The molecule has 2 heterocycles. The summed E-state index contributed by atoms with van der Waals surface area (Å²) in [5.41, 5.74) is 4.30. The molecule has 4 rings (SSSR count). The number of hydrogen-bond acceptors (Lipinski definition) is 2. The average molecular weight is 401 g/mol. The Morgan fingerprint density at radius 1 is 1.00 bits per heavy atom. The molecule has 4 aromatic rings. The van der Waals surface area contributed by atoms with Gasteiger partial charge in [-0.15, -0.1) is 0 Å². The Labute approximate surface area is 175 Å². The number of hydrogen-bond donors (Lipinski definition) is 1. The van der Waals surface area contributed by atoms with Gasteiger partial charge in [-0.3, -0.25) is 9.78 Å². The fourth-order valence-corrected chi connectivity index (χ4v) is 3.71. The van der Waals surface area contributed by atoms with Gasteiger partial charge in [0.05, 0.1) is 0 Å². The van der Waals surface area contributed by atoms with E-state index in [1.165, 1.54) is 17.0 Å². The summed E-state index contributed by atoms with van der Waals surface area (Å²) in [5, 5.41) is 4.14. The molecular formula is C25H24FN3O. The Morgan fingerprint density at radius 2 is 1.83 bits per heavy atom. The molecule has 4 nitrogen and oxygen atoms in total. The van der Waals surface area contributed by atoms with Crippen molar-refractivity contribution in [1.82, 2.24) is 14.9 Å². The number of para-hydroxylation sites is 1. The third-order valence-corrected chi connectivity index (χ3v) is 5.20. The van der Waals surface area contributed by atoms with Crippen LogP contribution in [0.2, 0.25) is 0 Å². The number of amides is 1. The summed E-state index contributed by atoms with van der Waals surface area (Å²) in [6, 6.07) is 18.7. The van der Waals surface area contributed by atoms with Gasteiger partial charge in [0.1, 0.15) is 5.82 Å². The van der Waals surface area contributed by atoms with Crippen molar-refractivity contribution < 1.29 is 9.18 Å². The second-order valence-corrected chi connectivity index (χ2v) is 7.42. The van der Waals surface area contributed by atoms with Crippen LogP contribution >= 0.6 is 0 Å². The molecule has 5 heteroatoms. The first-order chi connectivity index (χ1) is 14.7. The molecule has 30 heavy (non-hydrogen) atoms. The molecule has 2 aromatic carbocycles. The van der Waals surface area contributed by atoms with E-state index in [1.807, 2.05) is 30.3 Å². The monoisotopic (exact) mass is 401 g/mol. The Bertz CT molecular complexity index is 1140. The highest BCUT2D eigenvalue weighted by atomic mass is 19.1. The van der Waals surface area contributed by atoms with Crippen molar-refractivity contribution >= 4 is 16.8 Å². The molecule has 0 saturated heterocycles. The molecule has 152 valence electrons. The van der Waals surface area contributed by atoms with E-state index in [2.05, 4.69) is 33.2 Å². The SMILES string of the molecule is O=C(CCCc1cn(Cc2cccc(F)c2)c2ccccc12)NCc1ccncc1. The van der Waals surface area contributed by atoms with Crippen molar-refractivity contribution in [3.8, 4) is 0 Å². The molecule has 1 N–H and O–H groups in total. The van der Waals surface area contributed by atoms with Crippen LogP contribution in [0.5, 0.6) is 0 Å². The fraction of sp³-hybridized carbons (Fsp3) is 0.200. The fourth-order valence-electron chi connectivity index (χ4n) is 3.71. The van der Waals surface area contributed by atoms with Crippen LogP contribution in [0.3, 0.4) is 0 Å². The minimum absolute atomic E-state index is 0.0512. The molecule has 0 fully saturated rings. The first kappa shape index (κ1) is 19.8. The van der Waals surface area contributed by atoms with E-state index in [-0.39, 0.29) is 11.7 Å². The third kappa shape index (κ3) is 4.92. The minimum Gasteiger partial charge on any atom is -0.352 e. The molecule has 0 spiro atoms. The molecular weight excluding hydrogens is 377 g/mol. The normalized spacial score (nSPS) is 11.0. The molecule has 0 aliphatic rings. The number of benzene rings is 2. The maximum absolute atomic E-state index is 13.6.